The highest BCUT2D eigenvalue weighted by molar-refractivity contribution is 7.21. The van der Waals surface area contributed by atoms with Gasteiger partial charge < -0.3 is 11.1 Å². The fourth-order valence-electron chi connectivity index (χ4n) is 4.07. The number of amides is 2. The van der Waals surface area contributed by atoms with Crippen molar-refractivity contribution < 1.29 is 27.7 Å². The van der Waals surface area contributed by atoms with E-state index in [0.717, 1.165) is 10.7 Å². The number of pyridine rings is 1. The summed E-state index contributed by atoms with van der Waals surface area (Å²) in [6.07, 6.45) is -3.44. The molecule has 0 fully saturated rings. The molecule has 0 aliphatic rings. The standard InChI is InChI=1S/C21H19F3N8O4S/c1-5-31-9(3)11(7-26-31)10-6-12(21(22,23)24)27-20-13(10)14(17(37-20)18(25)33)28-19(34)16-15(32(35)36)8(2)29-30(16)4/h6-7H,5H2,1-4H3,(H2,25,33)(H,28,34). The van der Waals surface area contributed by atoms with Gasteiger partial charge in [0.15, 0.2) is 0 Å². The molecule has 0 radical (unpaired) electrons. The van der Waals surface area contributed by atoms with Gasteiger partial charge in [-0.05, 0) is 32.4 Å². The van der Waals surface area contributed by atoms with Crippen molar-refractivity contribution >= 4 is 44.7 Å². The number of alkyl halides is 3. The lowest BCUT2D eigenvalue weighted by molar-refractivity contribution is -0.385. The number of nitro groups is 1. The first-order chi connectivity index (χ1) is 17.3. The smallest absolute Gasteiger partial charge is 0.365 e. The van der Waals surface area contributed by atoms with E-state index in [9.17, 15) is 32.9 Å². The summed E-state index contributed by atoms with van der Waals surface area (Å²) in [5, 5.41) is 22.1. The van der Waals surface area contributed by atoms with Crippen LogP contribution in [-0.4, -0.2) is 41.3 Å². The van der Waals surface area contributed by atoms with Crippen LogP contribution in [0.4, 0.5) is 24.5 Å². The molecule has 0 aliphatic heterocycles. The number of aryl methyl sites for hydroxylation is 3. The maximum absolute atomic E-state index is 13.7. The molecule has 4 heterocycles. The van der Waals surface area contributed by atoms with Gasteiger partial charge in [-0.15, -0.1) is 11.3 Å². The summed E-state index contributed by atoms with van der Waals surface area (Å²) < 4.78 is 43.8. The molecule has 0 aliphatic carbocycles. The fourth-order valence-corrected chi connectivity index (χ4v) is 5.08. The van der Waals surface area contributed by atoms with Crippen LogP contribution in [0.25, 0.3) is 21.3 Å². The Morgan fingerprint density at radius 1 is 1.27 bits per heavy atom. The van der Waals surface area contributed by atoms with E-state index in [2.05, 4.69) is 20.5 Å². The third kappa shape index (κ3) is 4.28. The molecule has 37 heavy (non-hydrogen) atoms. The van der Waals surface area contributed by atoms with Crippen LogP contribution >= 0.6 is 11.3 Å². The highest BCUT2D eigenvalue weighted by Gasteiger charge is 2.36. The summed E-state index contributed by atoms with van der Waals surface area (Å²) in [4.78, 5) is 39.5. The van der Waals surface area contributed by atoms with Crippen molar-refractivity contribution in [1.82, 2.24) is 24.5 Å². The predicted octanol–water partition coefficient (Wildman–Crippen LogP) is 3.81. The zero-order valence-corrected chi connectivity index (χ0v) is 20.6. The Hall–Kier alpha value is -4.34. The van der Waals surface area contributed by atoms with Crippen LogP contribution < -0.4 is 11.1 Å². The van der Waals surface area contributed by atoms with E-state index in [1.165, 1.54) is 20.2 Å². The Labute approximate surface area is 210 Å². The number of nitrogens with one attached hydrogen (secondary N) is 1. The van der Waals surface area contributed by atoms with Crippen molar-refractivity contribution in [2.45, 2.75) is 33.5 Å². The highest BCUT2D eigenvalue weighted by Crippen LogP contribution is 2.44. The second-order valence-electron chi connectivity index (χ2n) is 7.98. The van der Waals surface area contributed by atoms with E-state index in [-0.39, 0.29) is 32.0 Å². The van der Waals surface area contributed by atoms with Crippen molar-refractivity contribution in [3.05, 3.63) is 50.0 Å². The maximum Gasteiger partial charge on any atom is 0.433 e. The second-order valence-corrected chi connectivity index (χ2v) is 8.98. The van der Waals surface area contributed by atoms with Gasteiger partial charge in [0.2, 0.25) is 5.69 Å². The molecule has 2 amide bonds. The number of nitrogens with zero attached hydrogens (tertiary/aromatic N) is 6. The normalized spacial score (nSPS) is 11.8. The molecule has 194 valence electrons. The molecule has 0 atom stereocenters. The molecule has 0 spiro atoms. The lowest BCUT2D eigenvalue weighted by atomic mass is 10.0. The molecule has 0 saturated heterocycles. The first-order valence-electron chi connectivity index (χ1n) is 10.6. The zero-order chi connectivity index (χ0) is 27.4. The minimum absolute atomic E-state index is 0.00395. The summed E-state index contributed by atoms with van der Waals surface area (Å²) in [5.41, 5.74) is 3.91. The Morgan fingerprint density at radius 3 is 2.49 bits per heavy atom. The van der Waals surface area contributed by atoms with Crippen LogP contribution in [0.2, 0.25) is 0 Å². The van der Waals surface area contributed by atoms with E-state index in [1.54, 1.807) is 18.5 Å². The Bertz CT molecular complexity index is 1600. The average Bonchev–Trinajstić information content (AvgIpc) is 3.44. The van der Waals surface area contributed by atoms with Gasteiger partial charge in [0.25, 0.3) is 11.8 Å². The predicted molar refractivity (Wildman–Crippen MR) is 127 cm³/mol. The highest BCUT2D eigenvalue weighted by atomic mass is 32.1. The van der Waals surface area contributed by atoms with Gasteiger partial charge in [-0.2, -0.15) is 23.4 Å². The summed E-state index contributed by atoms with van der Waals surface area (Å²) in [6.45, 7) is 5.25. The summed E-state index contributed by atoms with van der Waals surface area (Å²) in [5.74, 6) is -2.04. The van der Waals surface area contributed by atoms with E-state index < -0.39 is 40.0 Å². The monoisotopic (exact) mass is 536 g/mol. The van der Waals surface area contributed by atoms with Gasteiger partial charge >= 0.3 is 11.9 Å². The SMILES string of the molecule is CCn1ncc(-c2cc(C(F)(F)F)nc3sc(C(N)=O)c(NC(=O)c4c([N+](=O)[O-])c(C)nn4C)c23)c1C. The minimum Gasteiger partial charge on any atom is -0.365 e. The van der Waals surface area contributed by atoms with Gasteiger partial charge in [-0.25, -0.2) is 4.98 Å². The van der Waals surface area contributed by atoms with Gasteiger partial charge in [-0.3, -0.25) is 29.1 Å². The Morgan fingerprint density at radius 2 is 1.95 bits per heavy atom. The molecule has 3 N–H and O–H groups in total. The molecule has 4 aromatic heterocycles. The van der Waals surface area contributed by atoms with E-state index in [4.69, 9.17) is 5.73 Å². The molecule has 0 aromatic carbocycles. The van der Waals surface area contributed by atoms with Gasteiger partial charge in [0, 0.05) is 30.2 Å². The molecular formula is C21H19F3N8O4S. The first-order valence-corrected chi connectivity index (χ1v) is 11.4. The fraction of sp³-hybridized carbons (Fsp3) is 0.286. The van der Waals surface area contributed by atoms with Gasteiger partial charge in [0.05, 0.1) is 16.8 Å². The number of rotatable bonds is 6. The molecule has 12 nitrogen and oxygen atoms in total. The number of hydrogen-bond acceptors (Lipinski definition) is 8. The van der Waals surface area contributed by atoms with E-state index >= 15 is 0 Å². The van der Waals surface area contributed by atoms with Crippen molar-refractivity contribution in [2.75, 3.05) is 5.32 Å². The Kier molecular flexibility index (Phi) is 6.23. The van der Waals surface area contributed by atoms with Crippen LogP contribution in [0.15, 0.2) is 12.3 Å². The lowest BCUT2D eigenvalue weighted by Crippen LogP contribution is -2.20. The van der Waals surface area contributed by atoms with Crippen LogP contribution in [0.3, 0.4) is 0 Å². The van der Waals surface area contributed by atoms with Crippen LogP contribution in [-0.2, 0) is 19.8 Å². The van der Waals surface area contributed by atoms with Crippen LogP contribution in [0.5, 0.6) is 0 Å². The largest absolute Gasteiger partial charge is 0.433 e. The van der Waals surface area contributed by atoms with Crippen molar-refractivity contribution in [2.24, 2.45) is 12.8 Å². The zero-order valence-electron chi connectivity index (χ0n) is 19.8. The number of aromatic nitrogens is 5. The number of carbonyl (C=O) groups is 2. The number of carbonyl (C=O) groups excluding carboxylic acids is 2. The van der Waals surface area contributed by atoms with Crippen molar-refractivity contribution in [3.63, 3.8) is 0 Å². The number of hydrogen-bond donors (Lipinski definition) is 2. The summed E-state index contributed by atoms with van der Waals surface area (Å²) >= 11 is 0.563. The second kappa shape index (κ2) is 8.95. The number of thiophene rings is 1. The number of fused-ring (bicyclic) bond motifs is 1. The molecular weight excluding hydrogens is 517 g/mol. The van der Waals surface area contributed by atoms with Crippen molar-refractivity contribution in [1.29, 1.82) is 0 Å². The maximum atomic E-state index is 13.7. The van der Waals surface area contributed by atoms with E-state index in [1.807, 2.05) is 0 Å². The van der Waals surface area contributed by atoms with E-state index in [0.29, 0.717) is 29.1 Å². The molecule has 4 aromatic rings. The van der Waals surface area contributed by atoms with Gasteiger partial charge in [-0.1, -0.05) is 0 Å². The molecule has 0 bridgehead atoms. The van der Waals surface area contributed by atoms with Crippen molar-refractivity contribution in [3.8, 4) is 11.1 Å². The third-order valence-corrected chi connectivity index (χ3v) is 6.79. The number of anilines is 1. The number of nitrogens with two attached hydrogens (primary N) is 1. The van der Waals surface area contributed by atoms with Crippen LogP contribution in [0, 0.1) is 24.0 Å². The minimum atomic E-state index is -4.81. The average molecular weight is 536 g/mol. The van der Waals surface area contributed by atoms with Gasteiger partial charge in [0.1, 0.15) is 21.1 Å². The van der Waals surface area contributed by atoms with Crippen LogP contribution in [0.1, 0.15) is 44.2 Å². The molecule has 16 heteroatoms. The lowest BCUT2D eigenvalue weighted by Gasteiger charge is -2.12. The topological polar surface area (TPSA) is 164 Å². The summed E-state index contributed by atoms with van der Waals surface area (Å²) in [6, 6.07) is 0.802. The quantitative estimate of drug-likeness (QED) is 0.279. The first kappa shape index (κ1) is 25.7. The molecule has 0 saturated carbocycles. The number of halogens is 3. The molecule has 0 unspecified atom stereocenters. The summed E-state index contributed by atoms with van der Waals surface area (Å²) in [7, 11) is 1.32. The molecule has 4 rings (SSSR count). The third-order valence-electron chi connectivity index (χ3n) is 5.70. The Balaban J connectivity index is 2.03. The number of primary amides is 1.